The lowest BCUT2D eigenvalue weighted by Gasteiger charge is -2.09. The van der Waals surface area contributed by atoms with Crippen LogP contribution in [0.4, 0.5) is 16.0 Å². The van der Waals surface area contributed by atoms with Gasteiger partial charge in [-0.3, -0.25) is 19.6 Å². The average Bonchev–Trinajstić information content (AvgIpc) is 3.82. The van der Waals surface area contributed by atoms with Crippen LogP contribution in [0.2, 0.25) is 0 Å². The summed E-state index contributed by atoms with van der Waals surface area (Å²) < 4.78 is 5.51. The van der Waals surface area contributed by atoms with Gasteiger partial charge in [-0.1, -0.05) is 52.4 Å². The van der Waals surface area contributed by atoms with Gasteiger partial charge in [0.25, 0.3) is 5.91 Å². The molecule has 0 bridgehead atoms. The topological polar surface area (TPSA) is 174 Å². The number of carbonyl (C=O) groups is 2. The Morgan fingerprint density at radius 1 is 1.22 bits per heavy atom. The van der Waals surface area contributed by atoms with E-state index in [9.17, 15) is 14.7 Å². The summed E-state index contributed by atoms with van der Waals surface area (Å²) in [5.74, 6) is -0.667. The van der Waals surface area contributed by atoms with Crippen molar-refractivity contribution in [1.29, 1.82) is 5.41 Å². The second-order valence-corrected chi connectivity index (χ2v) is 12.2. The maximum absolute atomic E-state index is 14.0. The lowest BCUT2D eigenvalue weighted by atomic mass is 10.1. The molecule has 1 aromatic carbocycles. The number of aromatic nitrogens is 5. The van der Waals surface area contributed by atoms with E-state index in [0.29, 0.717) is 39.2 Å². The molecule has 0 aliphatic rings. The highest BCUT2D eigenvalue weighted by molar-refractivity contribution is 9.11. The Labute approximate surface area is 273 Å². The number of aromatic amines is 1. The molecule has 1 amide bonds. The Morgan fingerprint density at radius 2 is 2.04 bits per heavy atom. The minimum atomic E-state index is -0.332. The number of aromatic hydroxyl groups is 1. The second-order valence-electron chi connectivity index (χ2n) is 9.86. The largest absolute Gasteiger partial charge is 0.492 e. The number of benzene rings is 1. The van der Waals surface area contributed by atoms with Crippen molar-refractivity contribution in [2.24, 2.45) is 0 Å². The highest BCUT2D eigenvalue weighted by Gasteiger charge is 2.25. The smallest absolute Gasteiger partial charge is 0.274 e. The monoisotopic (exact) mass is 703 g/mol. The molecule has 228 valence electrons. The molecule has 5 heterocycles. The Balaban J connectivity index is 1.28. The molecule has 0 atom stereocenters. The highest BCUT2D eigenvalue weighted by atomic mass is 79.9. The van der Waals surface area contributed by atoms with Crippen LogP contribution in [0.5, 0.6) is 5.88 Å². The first kappa shape index (κ1) is 30.2. The van der Waals surface area contributed by atoms with Gasteiger partial charge in [-0.05, 0) is 46.7 Å². The van der Waals surface area contributed by atoms with E-state index in [-0.39, 0.29) is 34.9 Å². The number of thiazole rings is 1. The summed E-state index contributed by atoms with van der Waals surface area (Å²) in [5, 5.41) is 30.8. The molecule has 0 radical (unpaired) electrons. The predicted molar refractivity (Wildman–Crippen MR) is 182 cm³/mol. The fourth-order valence-corrected chi connectivity index (χ4v) is 7.00. The summed E-state index contributed by atoms with van der Waals surface area (Å²) in [6.07, 6.45) is 7.45. The van der Waals surface area contributed by atoms with Gasteiger partial charge >= 0.3 is 0 Å². The molecule has 15 heteroatoms. The van der Waals surface area contributed by atoms with Crippen molar-refractivity contribution >= 4 is 100 Å². The lowest BCUT2D eigenvalue weighted by molar-refractivity contribution is -0.114. The summed E-state index contributed by atoms with van der Waals surface area (Å²) in [4.78, 5) is 40.3. The fourth-order valence-electron chi connectivity index (χ4n) is 4.96. The standard InChI is InChI=1S/C30H26BrN9O3S2/c1-3-20-24(29(43)40-11-9-19-16(8-10-31)12-35-26(23(19)40)36-15(2)41)44-30(37-20)38-28-22(27(42)39-45-28)25(32)34-14-17-13-33-21-7-5-4-6-18(17)21/h4-13,33H,3,14H2,1-2H3,(H2,32,34)(H,37,38)(H,39,42)(H,35,36,41)/b10-8+. The average molecular weight is 705 g/mol. The quantitative estimate of drug-likeness (QED) is 0.0724. The Kier molecular flexibility index (Phi) is 8.47. The van der Waals surface area contributed by atoms with E-state index in [1.807, 2.05) is 43.5 Å². The van der Waals surface area contributed by atoms with E-state index in [1.165, 1.54) is 11.5 Å². The molecule has 0 unspecified atom stereocenters. The van der Waals surface area contributed by atoms with Gasteiger partial charge in [-0.2, -0.15) is 4.37 Å². The van der Waals surface area contributed by atoms with E-state index in [2.05, 4.69) is 51.2 Å². The third kappa shape index (κ3) is 5.84. The molecule has 5 aromatic heterocycles. The number of H-pyrrole nitrogens is 1. The molecule has 0 saturated carbocycles. The molecule has 45 heavy (non-hydrogen) atoms. The van der Waals surface area contributed by atoms with Crippen molar-refractivity contribution in [2.45, 2.75) is 26.8 Å². The van der Waals surface area contributed by atoms with Crippen LogP contribution in [0.3, 0.4) is 0 Å². The number of amides is 1. The zero-order valence-electron chi connectivity index (χ0n) is 23.9. The van der Waals surface area contributed by atoms with Crippen LogP contribution < -0.4 is 16.0 Å². The predicted octanol–water partition coefficient (Wildman–Crippen LogP) is 6.57. The number of fused-ring (bicyclic) bond motifs is 2. The lowest BCUT2D eigenvalue weighted by Crippen LogP contribution is -2.23. The first-order valence-electron chi connectivity index (χ1n) is 13.7. The number of nitrogens with zero attached hydrogens (tertiary/aromatic N) is 4. The number of aryl methyl sites for hydroxylation is 1. The van der Waals surface area contributed by atoms with Crippen molar-refractivity contribution in [3.63, 3.8) is 0 Å². The van der Waals surface area contributed by atoms with E-state index in [4.69, 9.17) is 5.41 Å². The van der Waals surface area contributed by atoms with E-state index in [1.54, 1.807) is 23.4 Å². The molecular weight excluding hydrogens is 678 g/mol. The Morgan fingerprint density at radius 3 is 2.82 bits per heavy atom. The number of amidine groups is 1. The van der Waals surface area contributed by atoms with E-state index >= 15 is 0 Å². The van der Waals surface area contributed by atoms with Crippen molar-refractivity contribution < 1.29 is 14.7 Å². The number of halogens is 1. The molecule has 6 aromatic rings. The van der Waals surface area contributed by atoms with Gasteiger partial charge in [-0.15, -0.1) is 0 Å². The van der Waals surface area contributed by atoms with Gasteiger partial charge in [0.2, 0.25) is 11.8 Å². The number of nitrogens with one attached hydrogen (secondary N) is 5. The van der Waals surface area contributed by atoms with Gasteiger partial charge < -0.3 is 26.0 Å². The van der Waals surface area contributed by atoms with Crippen molar-refractivity contribution in [1.82, 2.24) is 29.2 Å². The molecule has 0 aliphatic carbocycles. The van der Waals surface area contributed by atoms with Gasteiger partial charge in [0, 0.05) is 53.9 Å². The van der Waals surface area contributed by atoms with Crippen molar-refractivity contribution in [3.05, 3.63) is 81.2 Å². The number of para-hydroxylation sites is 1. The molecule has 0 fully saturated rings. The molecule has 12 nitrogen and oxygen atoms in total. The fraction of sp³-hybridized carbons (Fsp3) is 0.133. The molecule has 6 rings (SSSR count). The second kappa shape index (κ2) is 12.6. The van der Waals surface area contributed by atoms with Crippen LogP contribution in [-0.2, 0) is 17.8 Å². The number of anilines is 3. The summed E-state index contributed by atoms with van der Waals surface area (Å²) in [5.41, 5.74) is 3.98. The van der Waals surface area contributed by atoms with Crippen molar-refractivity contribution in [3.8, 4) is 5.88 Å². The summed E-state index contributed by atoms with van der Waals surface area (Å²) in [6.45, 7) is 3.65. The van der Waals surface area contributed by atoms with Crippen LogP contribution in [-0.4, -0.2) is 46.6 Å². The first-order valence-corrected chi connectivity index (χ1v) is 16.2. The highest BCUT2D eigenvalue weighted by Crippen LogP contribution is 2.36. The molecule has 6 N–H and O–H groups in total. The van der Waals surface area contributed by atoms with Crippen LogP contribution in [0, 0.1) is 5.41 Å². The summed E-state index contributed by atoms with van der Waals surface area (Å²) in [7, 11) is 0. The maximum atomic E-state index is 14.0. The summed E-state index contributed by atoms with van der Waals surface area (Å²) >= 11 is 5.43. The number of pyridine rings is 1. The van der Waals surface area contributed by atoms with Gasteiger partial charge in [0.15, 0.2) is 10.9 Å². The number of rotatable bonds is 9. The minimum Gasteiger partial charge on any atom is -0.492 e. The molecule has 0 saturated heterocycles. The number of carbonyl (C=O) groups excluding carboxylic acids is 2. The van der Waals surface area contributed by atoms with Gasteiger partial charge in [0.05, 0.1) is 11.2 Å². The minimum absolute atomic E-state index is 0.0113. The third-order valence-electron chi connectivity index (χ3n) is 7.01. The van der Waals surface area contributed by atoms with Crippen molar-refractivity contribution in [2.75, 3.05) is 10.6 Å². The normalized spacial score (nSPS) is 11.4. The zero-order valence-corrected chi connectivity index (χ0v) is 27.2. The number of hydrogen-bond acceptors (Lipinski definition) is 10. The molecular formula is C30H26BrN9O3S2. The van der Waals surface area contributed by atoms with Crippen LogP contribution in [0.25, 0.3) is 27.9 Å². The molecule has 0 aliphatic heterocycles. The van der Waals surface area contributed by atoms with Gasteiger partial charge in [-0.25, -0.2) is 9.97 Å². The summed E-state index contributed by atoms with van der Waals surface area (Å²) in [6, 6.07) is 9.69. The zero-order chi connectivity index (χ0) is 31.7. The Bertz CT molecular complexity index is 2130. The van der Waals surface area contributed by atoms with Gasteiger partial charge in [0.1, 0.15) is 21.3 Å². The molecule has 0 spiro atoms. The van der Waals surface area contributed by atoms with E-state index < -0.39 is 0 Å². The number of hydrogen-bond donors (Lipinski definition) is 6. The SMILES string of the molecule is CCc1nc(Nc2snc(O)c2C(=N)NCc2c[nH]c3ccccc23)sc1C(=O)n1ccc2c(/C=C/Br)cnc(NC(C)=O)c21. The van der Waals surface area contributed by atoms with E-state index in [0.717, 1.165) is 50.3 Å². The maximum Gasteiger partial charge on any atom is 0.274 e. The van der Waals surface area contributed by atoms with Crippen LogP contribution in [0.15, 0.2) is 53.9 Å². The third-order valence-corrected chi connectivity index (χ3v) is 9.03. The first-order chi connectivity index (χ1) is 21.8. The van der Waals surface area contributed by atoms with Crippen LogP contribution >= 0.6 is 38.8 Å². The Hall–Kier alpha value is -4.86. The van der Waals surface area contributed by atoms with Crippen LogP contribution in [0.1, 0.15) is 45.9 Å².